The molecular weight excluding hydrogens is 351 g/mol. The number of benzene rings is 1. The number of hydrogen-bond acceptors (Lipinski definition) is 3. The summed E-state index contributed by atoms with van der Waals surface area (Å²) >= 11 is 3.31. The van der Waals surface area contributed by atoms with Gasteiger partial charge in [-0.05, 0) is 37.2 Å². The Labute approximate surface area is 137 Å². The molecular formula is C15H18BrFN4O. The van der Waals surface area contributed by atoms with E-state index < -0.39 is 6.04 Å². The fraction of sp³-hybridized carbons (Fsp3) is 0.333. The highest BCUT2D eigenvalue weighted by Gasteiger charge is 2.19. The minimum Gasteiger partial charge on any atom is -0.354 e. The lowest BCUT2D eigenvalue weighted by atomic mass is 10.1. The number of nitrogens with zero attached hydrogens (tertiary/aromatic N) is 2. The van der Waals surface area contributed by atoms with E-state index in [0.29, 0.717) is 18.5 Å². The summed E-state index contributed by atoms with van der Waals surface area (Å²) in [5, 5.41) is 9.83. The zero-order chi connectivity index (χ0) is 16.1. The largest absolute Gasteiger partial charge is 0.354 e. The second kappa shape index (κ2) is 7.51. The molecule has 0 saturated carbocycles. The lowest BCUT2D eigenvalue weighted by Crippen LogP contribution is -2.36. The molecule has 2 aromatic rings. The Morgan fingerprint density at radius 2 is 2.27 bits per heavy atom. The van der Waals surface area contributed by atoms with Crippen LogP contribution in [0.4, 0.5) is 4.39 Å². The first-order chi connectivity index (χ1) is 10.5. The number of likely N-dealkylation sites (N-methyl/N-ethyl adjacent to an activating group) is 1. The average Bonchev–Trinajstić information content (AvgIpc) is 2.90. The van der Waals surface area contributed by atoms with Gasteiger partial charge in [0.2, 0.25) is 5.91 Å². The topological polar surface area (TPSA) is 59.0 Å². The molecule has 0 bridgehead atoms. The molecule has 7 heteroatoms. The van der Waals surface area contributed by atoms with Crippen LogP contribution in [-0.4, -0.2) is 29.3 Å². The lowest BCUT2D eigenvalue weighted by molar-refractivity contribution is -0.123. The molecule has 22 heavy (non-hydrogen) atoms. The van der Waals surface area contributed by atoms with E-state index in [0.717, 1.165) is 10.0 Å². The summed E-state index contributed by atoms with van der Waals surface area (Å²) in [7, 11) is 3.51. The minimum atomic E-state index is -0.471. The lowest BCUT2D eigenvalue weighted by Gasteiger charge is -2.14. The summed E-state index contributed by atoms with van der Waals surface area (Å²) in [5.74, 6) is -0.430. The molecule has 5 nitrogen and oxygen atoms in total. The molecule has 118 valence electrons. The summed E-state index contributed by atoms with van der Waals surface area (Å²) in [6, 6.07) is 4.31. The van der Waals surface area contributed by atoms with Crippen LogP contribution in [0.3, 0.4) is 0 Å². The molecule has 0 aliphatic carbocycles. The molecule has 1 unspecified atom stereocenters. The predicted octanol–water partition coefficient (Wildman–Crippen LogP) is 1.94. The van der Waals surface area contributed by atoms with Crippen molar-refractivity contribution in [1.82, 2.24) is 20.4 Å². The number of aromatic nitrogens is 2. The molecule has 1 atom stereocenters. The van der Waals surface area contributed by atoms with E-state index in [1.165, 1.54) is 6.07 Å². The SMILES string of the molecule is CNC(C(=O)NCCc1cc(Br)ccc1F)c1cnn(C)c1. The van der Waals surface area contributed by atoms with Crippen molar-refractivity contribution >= 4 is 21.8 Å². The molecule has 1 amide bonds. The number of halogens is 2. The molecule has 1 heterocycles. The van der Waals surface area contributed by atoms with E-state index in [2.05, 4.69) is 31.7 Å². The van der Waals surface area contributed by atoms with Crippen molar-refractivity contribution in [2.24, 2.45) is 7.05 Å². The maximum absolute atomic E-state index is 13.6. The zero-order valence-corrected chi connectivity index (χ0v) is 14.0. The van der Waals surface area contributed by atoms with E-state index in [-0.39, 0.29) is 11.7 Å². The smallest absolute Gasteiger partial charge is 0.241 e. The number of nitrogens with one attached hydrogen (secondary N) is 2. The third-order valence-electron chi connectivity index (χ3n) is 3.31. The molecule has 0 aliphatic heterocycles. The average molecular weight is 369 g/mol. The summed E-state index contributed by atoms with van der Waals surface area (Å²) in [4.78, 5) is 12.2. The van der Waals surface area contributed by atoms with Crippen molar-refractivity contribution in [3.63, 3.8) is 0 Å². The van der Waals surface area contributed by atoms with Crippen molar-refractivity contribution in [2.45, 2.75) is 12.5 Å². The van der Waals surface area contributed by atoms with Crippen LogP contribution in [0.15, 0.2) is 35.1 Å². The third kappa shape index (κ3) is 4.14. The van der Waals surface area contributed by atoms with E-state index in [9.17, 15) is 9.18 Å². The molecule has 1 aromatic carbocycles. The maximum Gasteiger partial charge on any atom is 0.241 e. The summed E-state index contributed by atoms with van der Waals surface area (Å²) in [6.07, 6.45) is 3.87. The number of carbonyl (C=O) groups is 1. The van der Waals surface area contributed by atoms with Gasteiger partial charge in [0.15, 0.2) is 0 Å². The predicted molar refractivity (Wildman–Crippen MR) is 85.8 cm³/mol. The van der Waals surface area contributed by atoms with Gasteiger partial charge >= 0.3 is 0 Å². The van der Waals surface area contributed by atoms with Gasteiger partial charge in [-0.15, -0.1) is 0 Å². The van der Waals surface area contributed by atoms with Crippen LogP contribution in [0, 0.1) is 5.82 Å². The fourth-order valence-corrected chi connectivity index (χ4v) is 2.60. The van der Waals surface area contributed by atoms with Gasteiger partial charge in [-0.1, -0.05) is 15.9 Å². The Bertz CT molecular complexity index is 659. The van der Waals surface area contributed by atoms with Gasteiger partial charge < -0.3 is 10.6 Å². The van der Waals surface area contributed by atoms with E-state index >= 15 is 0 Å². The number of rotatable bonds is 6. The standard InChI is InChI=1S/C15H18BrFN4O/c1-18-14(11-8-20-21(2)9-11)15(22)19-6-5-10-7-12(16)3-4-13(10)17/h3-4,7-9,14,18H,5-6H2,1-2H3,(H,19,22). The first-order valence-electron chi connectivity index (χ1n) is 6.88. The van der Waals surface area contributed by atoms with Crippen LogP contribution in [0.1, 0.15) is 17.2 Å². The van der Waals surface area contributed by atoms with Gasteiger partial charge in [0.05, 0.1) is 6.20 Å². The van der Waals surface area contributed by atoms with Gasteiger partial charge in [0, 0.05) is 29.8 Å². The molecule has 0 spiro atoms. The first-order valence-corrected chi connectivity index (χ1v) is 7.68. The normalized spacial score (nSPS) is 12.2. The Morgan fingerprint density at radius 1 is 1.50 bits per heavy atom. The Kier molecular flexibility index (Phi) is 5.68. The third-order valence-corrected chi connectivity index (χ3v) is 3.80. The maximum atomic E-state index is 13.6. The van der Waals surface area contributed by atoms with Crippen LogP contribution in [0.25, 0.3) is 0 Å². The summed E-state index contributed by atoms with van der Waals surface area (Å²) in [5.41, 5.74) is 1.35. The molecule has 0 radical (unpaired) electrons. The van der Waals surface area contributed by atoms with E-state index in [4.69, 9.17) is 0 Å². The number of carbonyl (C=O) groups excluding carboxylic acids is 1. The molecule has 0 saturated heterocycles. The second-order valence-electron chi connectivity index (χ2n) is 4.95. The number of hydrogen-bond donors (Lipinski definition) is 2. The highest BCUT2D eigenvalue weighted by molar-refractivity contribution is 9.10. The molecule has 2 rings (SSSR count). The van der Waals surface area contributed by atoms with Crippen LogP contribution in [-0.2, 0) is 18.3 Å². The fourth-order valence-electron chi connectivity index (χ4n) is 2.20. The molecule has 2 N–H and O–H groups in total. The van der Waals surface area contributed by atoms with Crippen LogP contribution in [0.2, 0.25) is 0 Å². The molecule has 0 aliphatic rings. The van der Waals surface area contributed by atoms with Gasteiger partial charge in [-0.3, -0.25) is 9.48 Å². The second-order valence-corrected chi connectivity index (χ2v) is 5.86. The minimum absolute atomic E-state index is 0.161. The van der Waals surface area contributed by atoms with Gasteiger partial charge in [0.1, 0.15) is 11.9 Å². The molecule has 0 fully saturated rings. The number of aryl methyl sites for hydroxylation is 1. The van der Waals surface area contributed by atoms with E-state index in [1.54, 1.807) is 43.3 Å². The Morgan fingerprint density at radius 3 is 2.91 bits per heavy atom. The monoisotopic (exact) mass is 368 g/mol. The molecule has 1 aromatic heterocycles. The van der Waals surface area contributed by atoms with E-state index in [1.807, 2.05) is 0 Å². The Hall–Kier alpha value is -1.73. The van der Waals surface area contributed by atoms with Crippen LogP contribution < -0.4 is 10.6 Å². The quantitative estimate of drug-likeness (QED) is 0.818. The van der Waals surface area contributed by atoms with Crippen LogP contribution >= 0.6 is 15.9 Å². The van der Waals surface area contributed by atoms with Crippen molar-refractivity contribution in [3.8, 4) is 0 Å². The highest BCUT2D eigenvalue weighted by atomic mass is 79.9. The van der Waals surface area contributed by atoms with Gasteiger partial charge in [-0.2, -0.15) is 5.10 Å². The zero-order valence-electron chi connectivity index (χ0n) is 12.4. The van der Waals surface area contributed by atoms with Crippen molar-refractivity contribution < 1.29 is 9.18 Å². The highest BCUT2D eigenvalue weighted by Crippen LogP contribution is 2.16. The van der Waals surface area contributed by atoms with Gasteiger partial charge in [-0.25, -0.2) is 4.39 Å². The van der Waals surface area contributed by atoms with Crippen LogP contribution in [0.5, 0.6) is 0 Å². The number of amides is 1. The van der Waals surface area contributed by atoms with Crippen molar-refractivity contribution in [2.75, 3.05) is 13.6 Å². The van der Waals surface area contributed by atoms with Crippen molar-refractivity contribution in [3.05, 3.63) is 52.0 Å². The Balaban J connectivity index is 1.93. The summed E-state index contributed by atoms with van der Waals surface area (Å²) in [6.45, 7) is 0.366. The first kappa shape index (κ1) is 16.6. The van der Waals surface area contributed by atoms with Gasteiger partial charge in [0.25, 0.3) is 0 Å². The summed E-state index contributed by atoms with van der Waals surface area (Å²) < 4.78 is 16.1. The van der Waals surface area contributed by atoms with Crippen molar-refractivity contribution in [1.29, 1.82) is 0 Å².